The highest BCUT2D eigenvalue weighted by Crippen LogP contribution is 2.44. The minimum atomic E-state index is -1.07. The van der Waals surface area contributed by atoms with Crippen molar-refractivity contribution in [1.29, 1.82) is 0 Å². The van der Waals surface area contributed by atoms with Gasteiger partial charge < -0.3 is 35.4 Å². The molecule has 2 saturated heterocycles. The molecule has 0 unspecified atom stereocenters. The van der Waals surface area contributed by atoms with Crippen LogP contribution in [0.2, 0.25) is 0 Å². The Kier molecular flexibility index (Phi) is 23.0. The Morgan fingerprint density at radius 3 is 1.53 bits per heavy atom. The third kappa shape index (κ3) is 16.9. The van der Waals surface area contributed by atoms with E-state index < -0.39 is 46.8 Å². The summed E-state index contributed by atoms with van der Waals surface area (Å²) >= 11 is 0. The van der Waals surface area contributed by atoms with Crippen molar-refractivity contribution in [2.75, 3.05) is 26.3 Å². The molecule has 0 spiro atoms. The van der Waals surface area contributed by atoms with E-state index in [0.717, 1.165) is 95.9 Å². The quantitative estimate of drug-likeness (QED) is 0.0820. The first kappa shape index (κ1) is 62.5. The fraction of sp³-hybridized carbons (Fsp3) is 0.733. The summed E-state index contributed by atoms with van der Waals surface area (Å²) in [5.74, 6) is -2.12. The molecule has 4 heterocycles. The molecule has 3 amide bonds. The molecule has 0 aromatic carbocycles. The number of nitrogens with one attached hydrogen (secondary N) is 3. The van der Waals surface area contributed by atoms with Crippen molar-refractivity contribution in [2.24, 2.45) is 58.2 Å². The third-order valence-electron chi connectivity index (χ3n) is 17.4. The van der Waals surface area contributed by atoms with Gasteiger partial charge in [0.05, 0.1) is 25.6 Å². The first-order valence-corrected chi connectivity index (χ1v) is 29.4. The zero-order valence-corrected chi connectivity index (χ0v) is 48.2. The van der Waals surface area contributed by atoms with E-state index >= 15 is 0 Å². The molecule has 436 valence electrons. The topological polar surface area (TPSA) is 266 Å². The Balaban J connectivity index is 0.000000216. The van der Waals surface area contributed by atoms with Gasteiger partial charge >= 0.3 is 17.9 Å². The van der Waals surface area contributed by atoms with Crippen molar-refractivity contribution in [3.8, 4) is 0 Å². The van der Waals surface area contributed by atoms with E-state index in [9.17, 15) is 43.5 Å². The molecule has 0 bridgehead atoms. The zero-order chi connectivity index (χ0) is 57.4. The molecule has 2 aliphatic heterocycles. The molecular formula is C60H90N8O11. The average molecular weight is 1100 g/mol. The number of esters is 2. The van der Waals surface area contributed by atoms with Gasteiger partial charge in [0.25, 0.3) is 0 Å². The maximum absolute atomic E-state index is 14.1. The minimum Gasteiger partial charge on any atom is -0.480 e. The number of ketones is 2. The summed E-state index contributed by atoms with van der Waals surface area (Å²) in [5.41, 5.74) is -0.754. The Morgan fingerprint density at radius 2 is 1.08 bits per heavy atom. The number of fused-ring (bicyclic) bond motifs is 2. The van der Waals surface area contributed by atoms with Gasteiger partial charge in [0, 0.05) is 56.0 Å². The molecule has 79 heavy (non-hydrogen) atoms. The van der Waals surface area contributed by atoms with E-state index in [-0.39, 0.29) is 102 Å². The Bertz CT molecular complexity index is 2370. The van der Waals surface area contributed by atoms with Crippen LogP contribution in [-0.2, 0) is 38.2 Å². The first-order valence-electron chi connectivity index (χ1n) is 29.4. The number of aromatic nitrogens is 4. The van der Waals surface area contributed by atoms with Crippen molar-refractivity contribution in [2.45, 2.75) is 195 Å². The molecule has 6 aliphatic rings. The average Bonchev–Trinajstić information content (AvgIpc) is 4.28. The van der Waals surface area contributed by atoms with E-state index in [4.69, 9.17) is 9.47 Å². The zero-order valence-electron chi connectivity index (χ0n) is 48.2. The molecule has 0 radical (unpaired) electrons. The molecule has 19 nitrogen and oxygen atoms in total. The number of hydrogen-bond donors (Lipinski definition) is 4. The maximum Gasteiger partial charge on any atom is 0.329 e. The van der Waals surface area contributed by atoms with E-state index in [1.165, 1.54) is 56.4 Å². The van der Waals surface area contributed by atoms with Crippen LogP contribution in [0, 0.1) is 58.2 Å². The van der Waals surface area contributed by atoms with Gasteiger partial charge in [0.1, 0.15) is 35.6 Å². The fourth-order valence-electron chi connectivity index (χ4n) is 13.2. The van der Waals surface area contributed by atoms with Gasteiger partial charge in [-0.3, -0.25) is 38.7 Å². The number of nitrogens with zero attached hydrogens (tertiary/aromatic N) is 5. The summed E-state index contributed by atoms with van der Waals surface area (Å²) in [5, 5.41) is 18.5. The van der Waals surface area contributed by atoms with Crippen LogP contribution in [0.4, 0.5) is 0 Å². The predicted octanol–water partition coefficient (Wildman–Crippen LogP) is 7.77. The van der Waals surface area contributed by atoms with E-state index in [2.05, 4.69) is 35.9 Å². The van der Waals surface area contributed by atoms with Crippen molar-refractivity contribution in [3.05, 3.63) is 48.6 Å². The van der Waals surface area contributed by atoms with Gasteiger partial charge in [0.2, 0.25) is 17.7 Å². The lowest BCUT2D eigenvalue weighted by molar-refractivity contribution is -0.156. The second kappa shape index (κ2) is 29.1. The summed E-state index contributed by atoms with van der Waals surface area (Å²) in [7, 11) is 0. The molecular weight excluding hydrogens is 1010 g/mol. The van der Waals surface area contributed by atoms with Crippen LogP contribution in [0.3, 0.4) is 0 Å². The minimum absolute atomic E-state index is 0.00699. The van der Waals surface area contributed by atoms with Gasteiger partial charge in [-0.1, -0.05) is 92.9 Å². The van der Waals surface area contributed by atoms with Crippen molar-refractivity contribution in [3.63, 3.8) is 0 Å². The number of amides is 3. The Hall–Kier alpha value is -5.72. The van der Waals surface area contributed by atoms with Gasteiger partial charge in [-0.2, -0.15) is 0 Å². The standard InChI is InChI=1S/C30H44N4O5.C20H29N3O4.C10H17NO2/c1-5-39-29(38)25-21-13-9-12-20(21)18-34(25)28(37)26(30(2,3)4)33-27(36)22(19-10-7-6-8-11-19)16-24(35)23-17-31-14-15-32-23;1-20(2,3)17(19(26)27)23-18(25)14(13-7-5-4-6-8-13)11-16(24)15-12-21-9-10-22-15;1-2-13-10(12)9-8-5-3-4-7(8)6-11-9/h14-15,17,19-22,25-26H,5-13,16,18H2,1-4H3,(H,33,36);9-10,12-14,17H,4-8,11H2,1-3H3,(H,23,25)(H,26,27);7-9,11H,2-6H2,1H3/t20-,21-,22-,25-,26+;14-,17+;7-,8-,9-/m000/s1. The smallest absolute Gasteiger partial charge is 0.329 e. The number of carbonyl (C=O) groups excluding carboxylic acids is 7. The number of aliphatic carboxylic acids is 1. The van der Waals surface area contributed by atoms with Crippen LogP contribution in [0.1, 0.15) is 192 Å². The third-order valence-corrected chi connectivity index (χ3v) is 17.4. The van der Waals surface area contributed by atoms with E-state index in [1.807, 2.05) is 27.7 Å². The Morgan fingerprint density at radius 1 is 0.608 bits per heavy atom. The van der Waals surface area contributed by atoms with Crippen LogP contribution in [0.5, 0.6) is 0 Å². The second-order valence-corrected chi connectivity index (χ2v) is 24.9. The number of likely N-dealkylation sites (tertiary alicyclic amines) is 1. The van der Waals surface area contributed by atoms with Gasteiger partial charge in [-0.25, -0.2) is 19.6 Å². The lowest BCUT2D eigenvalue weighted by atomic mass is 9.76. The van der Waals surface area contributed by atoms with Crippen LogP contribution in [0.25, 0.3) is 0 Å². The summed E-state index contributed by atoms with van der Waals surface area (Å²) in [6.07, 6.45) is 25.3. The molecule has 2 aromatic heterocycles. The highest BCUT2D eigenvalue weighted by molar-refractivity contribution is 5.99. The predicted molar refractivity (Wildman–Crippen MR) is 295 cm³/mol. The lowest BCUT2D eigenvalue weighted by Crippen LogP contribution is -2.58. The van der Waals surface area contributed by atoms with Gasteiger partial charge in [0.15, 0.2) is 11.6 Å². The summed E-state index contributed by atoms with van der Waals surface area (Å²) in [6.45, 7) is 17.0. The first-order chi connectivity index (χ1) is 37.6. The molecule has 4 saturated carbocycles. The molecule has 6 fully saturated rings. The van der Waals surface area contributed by atoms with Gasteiger partial charge in [-0.05, 0) is 118 Å². The van der Waals surface area contributed by atoms with Crippen LogP contribution in [-0.4, -0.2) is 128 Å². The summed E-state index contributed by atoms with van der Waals surface area (Å²) in [4.78, 5) is 121. The Labute approximate surface area is 467 Å². The highest BCUT2D eigenvalue weighted by atomic mass is 16.5. The largest absolute Gasteiger partial charge is 0.480 e. The van der Waals surface area contributed by atoms with Crippen LogP contribution < -0.4 is 16.0 Å². The molecule has 4 aliphatic carbocycles. The van der Waals surface area contributed by atoms with Crippen LogP contribution in [0.15, 0.2) is 37.2 Å². The fourth-order valence-corrected chi connectivity index (χ4v) is 13.2. The van der Waals surface area contributed by atoms with Crippen molar-refractivity contribution >= 4 is 47.2 Å². The van der Waals surface area contributed by atoms with E-state index in [0.29, 0.717) is 19.1 Å². The SMILES string of the molecule is CC(C)(C)[C@H](NC(=O)[C@@H](CC(=O)c1cnccn1)C1CCCCC1)C(=O)O.CCOC(=O)[C@@H]1[C@H]2CCC[C@H]2CN1C(=O)[C@@H](NC(=O)[C@@H](CC(=O)c1cnccn1)C1CCCCC1)C(C)(C)C.CCOC(=O)[C@H]1NC[C@@H]2CCC[C@@H]21. The summed E-state index contributed by atoms with van der Waals surface area (Å²) < 4.78 is 10.4. The molecule has 10 atom stereocenters. The number of ether oxygens (including phenoxy) is 2. The van der Waals surface area contributed by atoms with E-state index in [1.54, 1.807) is 32.6 Å². The molecule has 19 heteroatoms. The normalized spacial score (nSPS) is 24.6. The monoisotopic (exact) mass is 1100 g/mol. The number of carboxylic acid groups (broad SMARTS) is 1. The number of hydrogen-bond acceptors (Lipinski definition) is 15. The maximum atomic E-state index is 14.1. The molecule has 8 rings (SSSR count). The number of carbonyl (C=O) groups is 8. The number of Topliss-reactive ketones (excluding diaryl/α,β-unsaturated/α-hetero) is 2. The van der Waals surface area contributed by atoms with Crippen LogP contribution >= 0.6 is 0 Å². The lowest BCUT2D eigenvalue weighted by Gasteiger charge is -2.37. The van der Waals surface area contributed by atoms with Crippen molar-refractivity contribution in [1.82, 2.24) is 40.8 Å². The molecule has 2 aromatic rings. The number of rotatable bonds is 18. The summed E-state index contributed by atoms with van der Waals surface area (Å²) in [6, 6.07) is -2.47. The number of carboxylic acids is 1. The highest BCUT2D eigenvalue weighted by Gasteiger charge is 2.53. The second-order valence-electron chi connectivity index (χ2n) is 24.9. The van der Waals surface area contributed by atoms with Gasteiger partial charge in [-0.15, -0.1) is 0 Å². The molecule has 4 N–H and O–H groups in total. The van der Waals surface area contributed by atoms with Crippen molar-refractivity contribution < 1.29 is 52.9 Å².